The summed E-state index contributed by atoms with van der Waals surface area (Å²) in [5.74, 6) is 0.0724. The second-order valence-corrected chi connectivity index (χ2v) is 8.07. The third-order valence-electron chi connectivity index (χ3n) is 5.63. The van der Waals surface area contributed by atoms with Gasteiger partial charge in [0.15, 0.2) is 0 Å². The van der Waals surface area contributed by atoms with E-state index in [1.165, 1.54) is 0 Å². The van der Waals surface area contributed by atoms with E-state index in [1.807, 2.05) is 24.3 Å². The Morgan fingerprint density at radius 3 is 2.61 bits per heavy atom. The largest absolute Gasteiger partial charge is 0.497 e. The predicted octanol–water partition coefficient (Wildman–Crippen LogP) is 4.66. The van der Waals surface area contributed by atoms with Crippen molar-refractivity contribution in [2.75, 3.05) is 20.0 Å². The Balaban J connectivity index is 1.79. The molecule has 0 spiro atoms. The molecule has 0 radical (unpaired) electrons. The van der Waals surface area contributed by atoms with E-state index in [4.69, 9.17) is 15.2 Å². The summed E-state index contributed by atoms with van der Waals surface area (Å²) < 4.78 is 21.2. The molecule has 0 saturated heterocycles. The lowest BCUT2D eigenvalue weighted by molar-refractivity contribution is 0.0687. The molecule has 0 unspecified atom stereocenters. The van der Waals surface area contributed by atoms with Gasteiger partial charge in [0.25, 0.3) is 0 Å². The zero-order valence-electron chi connectivity index (χ0n) is 17.9. The molecule has 0 aliphatic rings. The fourth-order valence-electron chi connectivity index (χ4n) is 4.15. The van der Waals surface area contributed by atoms with Gasteiger partial charge in [-0.25, -0.2) is 4.79 Å². The highest BCUT2D eigenvalue weighted by atomic mass is 32.1. The van der Waals surface area contributed by atoms with Gasteiger partial charge >= 0.3 is 5.97 Å². The van der Waals surface area contributed by atoms with Gasteiger partial charge in [-0.15, -0.1) is 0 Å². The molecule has 0 atom stereocenters. The number of nitrogen functional groups attached to an aromatic ring is 1. The van der Waals surface area contributed by atoms with Gasteiger partial charge in [0.2, 0.25) is 0 Å². The van der Waals surface area contributed by atoms with Crippen molar-refractivity contribution in [2.45, 2.75) is 6.54 Å². The molecular formula is C24H20N4O4S. The molecule has 3 N–H and O–H groups in total. The minimum atomic E-state index is -1.05. The molecule has 0 aliphatic heterocycles. The number of ether oxygens (including phenoxy) is 2. The van der Waals surface area contributed by atoms with Gasteiger partial charge in [0, 0.05) is 40.3 Å². The maximum Gasteiger partial charge on any atom is 0.353 e. The van der Waals surface area contributed by atoms with Crippen LogP contribution in [0.1, 0.15) is 16.1 Å². The van der Waals surface area contributed by atoms with Gasteiger partial charge in [0.1, 0.15) is 28.2 Å². The first kappa shape index (κ1) is 20.8. The van der Waals surface area contributed by atoms with E-state index in [1.54, 1.807) is 49.1 Å². The Morgan fingerprint density at radius 1 is 1.03 bits per heavy atom. The van der Waals surface area contributed by atoms with Crippen molar-refractivity contribution in [3.63, 3.8) is 0 Å². The van der Waals surface area contributed by atoms with E-state index < -0.39 is 5.97 Å². The average molecular weight is 461 g/mol. The topological polar surface area (TPSA) is 112 Å². The van der Waals surface area contributed by atoms with Crippen LogP contribution >= 0.6 is 11.7 Å². The van der Waals surface area contributed by atoms with Crippen LogP contribution in [0.4, 0.5) is 5.69 Å². The van der Waals surface area contributed by atoms with Crippen LogP contribution in [-0.2, 0) is 6.54 Å². The van der Waals surface area contributed by atoms with Gasteiger partial charge in [-0.1, -0.05) is 6.07 Å². The van der Waals surface area contributed by atoms with Crippen molar-refractivity contribution in [1.29, 1.82) is 0 Å². The second kappa shape index (κ2) is 8.10. The standard InChI is InChI=1S/C24H20N4O4S/c1-31-15-5-6-16(21(11-15)32-2)22-17-10-14(25)4-8-20(17)28(23(22)24(29)30)12-13-3-7-18-19(9-13)27-33-26-18/h3-11H,12,25H2,1-2H3,(H,29,30). The zero-order chi connectivity index (χ0) is 23.1. The summed E-state index contributed by atoms with van der Waals surface area (Å²) in [5, 5.41) is 11.0. The Kier molecular flexibility index (Phi) is 5.10. The lowest BCUT2D eigenvalue weighted by Crippen LogP contribution is -2.10. The molecule has 2 heterocycles. The van der Waals surface area contributed by atoms with Crippen molar-refractivity contribution in [3.05, 3.63) is 65.9 Å². The zero-order valence-corrected chi connectivity index (χ0v) is 18.7. The lowest BCUT2D eigenvalue weighted by atomic mass is 10.00. The Morgan fingerprint density at radius 2 is 1.85 bits per heavy atom. The van der Waals surface area contributed by atoms with Crippen molar-refractivity contribution < 1.29 is 19.4 Å². The number of carboxylic acid groups (broad SMARTS) is 1. The normalized spacial score (nSPS) is 11.2. The first-order valence-corrected chi connectivity index (χ1v) is 10.8. The third kappa shape index (κ3) is 3.52. The quantitative estimate of drug-likeness (QED) is 0.354. The number of fused-ring (bicyclic) bond motifs is 2. The highest BCUT2D eigenvalue weighted by molar-refractivity contribution is 7.00. The SMILES string of the molecule is COc1ccc(-c2c(C(=O)O)n(Cc3ccc4nsnc4c3)c3ccc(N)cc23)c(OC)c1. The van der Waals surface area contributed by atoms with Crippen LogP contribution in [0, 0.1) is 0 Å². The van der Waals surface area contributed by atoms with Crippen LogP contribution in [-0.4, -0.2) is 38.6 Å². The number of aromatic carboxylic acids is 1. The van der Waals surface area contributed by atoms with Crippen LogP contribution in [0.15, 0.2) is 54.6 Å². The molecule has 5 aromatic rings. The molecule has 166 valence electrons. The molecule has 0 aliphatic carbocycles. The number of nitrogens with two attached hydrogens (primary N) is 1. The number of benzene rings is 3. The van der Waals surface area contributed by atoms with Gasteiger partial charge in [-0.2, -0.15) is 8.75 Å². The van der Waals surface area contributed by atoms with E-state index in [0.717, 1.165) is 39.2 Å². The minimum absolute atomic E-state index is 0.149. The highest BCUT2D eigenvalue weighted by Crippen LogP contribution is 2.42. The van der Waals surface area contributed by atoms with Gasteiger partial charge in [0.05, 0.1) is 25.9 Å². The van der Waals surface area contributed by atoms with Crippen molar-refractivity contribution in [3.8, 4) is 22.6 Å². The maximum atomic E-state index is 12.6. The van der Waals surface area contributed by atoms with Crippen molar-refractivity contribution in [2.24, 2.45) is 0 Å². The molecule has 5 rings (SSSR count). The van der Waals surface area contributed by atoms with Crippen LogP contribution < -0.4 is 15.2 Å². The number of carbonyl (C=O) groups is 1. The van der Waals surface area contributed by atoms with Crippen LogP contribution in [0.25, 0.3) is 33.1 Å². The van der Waals surface area contributed by atoms with E-state index in [2.05, 4.69) is 8.75 Å². The summed E-state index contributed by atoms with van der Waals surface area (Å²) >= 11 is 1.15. The van der Waals surface area contributed by atoms with Crippen molar-refractivity contribution >= 4 is 45.3 Å². The Labute approximate surface area is 193 Å². The molecule has 0 fully saturated rings. The minimum Gasteiger partial charge on any atom is -0.497 e. The van der Waals surface area contributed by atoms with Gasteiger partial charge in [-0.05, 0) is 48.0 Å². The third-order valence-corrected chi connectivity index (χ3v) is 6.18. The van der Waals surface area contributed by atoms with Gasteiger partial charge in [-0.3, -0.25) is 0 Å². The van der Waals surface area contributed by atoms with E-state index in [0.29, 0.717) is 34.9 Å². The van der Waals surface area contributed by atoms with E-state index in [9.17, 15) is 9.90 Å². The maximum absolute atomic E-state index is 12.6. The van der Waals surface area contributed by atoms with Crippen LogP contribution in [0.3, 0.4) is 0 Å². The highest BCUT2D eigenvalue weighted by Gasteiger charge is 2.26. The number of anilines is 1. The fourth-order valence-corrected chi connectivity index (χ4v) is 4.66. The molecule has 0 bridgehead atoms. The number of methoxy groups -OCH3 is 2. The number of hydrogen-bond acceptors (Lipinski definition) is 7. The first-order valence-electron chi connectivity index (χ1n) is 10.1. The number of rotatable bonds is 6. The van der Waals surface area contributed by atoms with E-state index >= 15 is 0 Å². The van der Waals surface area contributed by atoms with Crippen molar-refractivity contribution in [1.82, 2.24) is 13.3 Å². The Bertz CT molecular complexity index is 1520. The summed E-state index contributed by atoms with van der Waals surface area (Å²) in [6.07, 6.45) is 0. The number of nitrogens with zero attached hydrogens (tertiary/aromatic N) is 3. The molecular weight excluding hydrogens is 440 g/mol. The number of carboxylic acids is 1. The summed E-state index contributed by atoms with van der Waals surface area (Å²) in [5.41, 5.74) is 11.3. The van der Waals surface area contributed by atoms with Crippen LogP contribution in [0.5, 0.6) is 11.5 Å². The van der Waals surface area contributed by atoms with Crippen LogP contribution in [0.2, 0.25) is 0 Å². The second-order valence-electron chi connectivity index (χ2n) is 7.54. The summed E-state index contributed by atoms with van der Waals surface area (Å²) in [6.45, 7) is 0.341. The smallest absolute Gasteiger partial charge is 0.353 e. The first-order chi connectivity index (χ1) is 16.0. The number of aromatic nitrogens is 3. The summed E-state index contributed by atoms with van der Waals surface area (Å²) in [4.78, 5) is 12.6. The Hall–Kier alpha value is -4.11. The molecule has 9 heteroatoms. The molecule has 3 aromatic carbocycles. The molecule has 0 amide bonds. The molecule has 8 nitrogen and oxygen atoms in total. The monoisotopic (exact) mass is 460 g/mol. The summed E-state index contributed by atoms with van der Waals surface area (Å²) in [7, 11) is 3.11. The van der Waals surface area contributed by atoms with Gasteiger partial charge < -0.3 is 24.9 Å². The predicted molar refractivity (Wildman–Crippen MR) is 128 cm³/mol. The fraction of sp³-hybridized carbons (Fsp3) is 0.125. The summed E-state index contributed by atoms with van der Waals surface area (Å²) in [6, 6.07) is 16.5. The molecule has 33 heavy (non-hydrogen) atoms. The average Bonchev–Trinajstić information content (AvgIpc) is 3.40. The van der Waals surface area contributed by atoms with E-state index in [-0.39, 0.29) is 5.69 Å². The number of hydrogen-bond donors (Lipinski definition) is 2. The molecule has 2 aromatic heterocycles. The lowest BCUT2D eigenvalue weighted by Gasteiger charge is -2.12. The molecule has 0 saturated carbocycles.